The molecule has 6 aliphatic rings. The van der Waals surface area contributed by atoms with Crippen LogP contribution in [0.4, 0.5) is 0 Å². The van der Waals surface area contributed by atoms with E-state index >= 15 is 9.59 Å². The summed E-state index contributed by atoms with van der Waals surface area (Å²) in [5.41, 5.74) is 17.3. The van der Waals surface area contributed by atoms with Gasteiger partial charge in [0, 0.05) is 85.9 Å². The Morgan fingerprint density at radius 3 is 2.38 bits per heavy atom. The number of phenolic OH excluding ortho intramolecular Hbond substituents is 1. The minimum absolute atomic E-state index is 0.0286. The van der Waals surface area contributed by atoms with Gasteiger partial charge in [0.25, 0.3) is 11.8 Å². The third-order valence-corrected chi connectivity index (χ3v) is 14.8. The van der Waals surface area contributed by atoms with Gasteiger partial charge in [-0.05, 0) is 84.8 Å². The molecule has 2 amide bonds. The van der Waals surface area contributed by atoms with Gasteiger partial charge in [0.15, 0.2) is 11.7 Å². The Morgan fingerprint density at radius 1 is 1.03 bits per heavy atom. The molecule has 0 bridgehead atoms. The molecular formula is C50H62N8O14. The SMILES string of the molecule is CCc1c(OC)cc(OC2OC(O)(CO)C(O)(CC(CN3C(=O)C=CC3=O)C3=CCNC(N)=C3)C(O)C2O)c2c1C(=O)c1c3c(c(CNC(N)=NC)c(O)c1C2=O)CC(C1=CNC(N)C=C1)C(CCO)CC3. The largest absolute Gasteiger partial charge is 0.507 e. The summed E-state index contributed by atoms with van der Waals surface area (Å²) in [5.74, 6) is -8.15. The van der Waals surface area contributed by atoms with Crippen molar-refractivity contribution in [2.45, 2.75) is 88.0 Å². The van der Waals surface area contributed by atoms with Crippen LogP contribution in [0, 0.1) is 17.8 Å². The Kier molecular flexibility index (Phi) is 14.7. The van der Waals surface area contributed by atoms with Gasteiger partial charge in [-0.1, -0.05) is 19.1 Å². The zero-order valence-corrected chi connectivity index (χ0v) is 40.1. The number of amides is 2. The monoisotopic (exact) mass is 998 g/mol. The summed E-state index contributed by atoms with van der Waals surface area (Å²) in [7, 11) is 2.79. The van der Waals surface area contributed by atoms with Gasteiger partial charge in [-0.2, -0.15) is 0 Å². The minimum atomic E-state index is -3.16. The summed E-state index contributed by atoms with van der Waals surface area (Å²) in [6.45, 7) is -0.108. The van der Waals surface area contributed by atoms with Gasteiger partial charge < -0.3 is 83.1 Å². The van der Waals surface area contributed by atoms with E-state index in [2.05, 4.69) is 20.9 Å². The molecule has 22 heteroatoms. The highest BCUT2D eigenvalue weighted by molar-refractivity contribution is 6.31. The molecule has 386 valence electrons. The maximum absolute atomic E-state index is 15.5. The lowest BCUT2D eigenvalue weighted by atomic mass is 9.73. The molecule has 0 spiro atoms. The lowest BCUT2D eigenvalue weighted by Gasteiger charge is -2.53. The van der Waals surface area contributed by atoms with Gasteiger partial charge in [0.1, 0.15) is 41.7 Å². The van der Waals surface area contributed by atoms with E-state index in [4.69, 9.17) is 31.4 Å². The van der Waals surface area contributed by atoms with Gasteiger partial charge in [-0.25, -0.2) is 0 Å². The van der Waals surface area contributed by atoms with Crippen molar-refractivity contribution in [3.8, 4) is 17.2 Å². The Bertz CT molecular complexity index is 2730. The summed E-state index contributed by atoms with van der Waals surface area (Å²) >= 11 is 0. The molecule has 0 saturated carbocycles. The normalized spacial score (nSPS) is 28.4. The average molecular weight is 999 g/mol. The topological polar surface area (TPSA) is 367 Å². The van der Waals surface area contributed by atoms with Crippen LogP contribution in [0.3, 0.4) is 0 Å². The van der Waals surface area contributed by atoms with E-state index in [1.54, 1.807) is 13.0 Å². The standard InChI is InChI=1S/C50H62N8O14/c1-4-27-32(70-3)17-33(71-47-45(66)46(67)49(68,50(69,22-60)72-47)18-26(24-11-13-55-35(52)15-24)21-58-36(61)9-10-37(58)62)40-38(27)43(64)39-28-7-5-23(12-14-59)29(25-6-8-34(51)56-19-25)16-30(28)31(20-57-48(53)54-2)42(63)41(39)44(40)65/h6,8-11,15,17,19,23,26,29,34,45-47,55-56,59-60,63,66-69H,4-5,7,12-14,16,18,20-22,51-52H2,1-3H3,(H3,53,54,57). The van der Waals surface area contributed by atoms with Crippen LogP contribution in [0.1, 0.15) is 80.3 Å². The molecule has 16 N–H and O–H groups in total. The van der Waals surface area contributed by atoms with E-state index in [0.29, 0.717) is 35.1 Å². The van der Waals surface area contributed by atoms with Crippen LogP contribution in [-0.2, 0) is 40.1 Å². The van der Waals surface area contributed by atoms with Crippen molar-refractivity contribution in [3.63, 3.8) is 0 Å². The predicted molar refractivity (Wildman–Crippen MR) is 258 cm³/mol. The summed E-state index contributed by atoms with van der Waals surface area (Å²) in [6.07, 6.45) is 4.32. The number of hydrogen-bond donors (Lipinski definition) is 13. The first-order valence-corrected chi connectivity index (χ1v) is 23.7. The molecule has 0 aromatic heterocycles. The second-order valence-corrected chi connectivity index (χ2v) is 18.7. The molecular weight excluding hydrogens is 937 g/mol. The van der Waals surface area contributed by atoms with E-state index in [1.807, 2.05) is 18.4 Å². The highest BCUT2D eigenvalue weighted by Gasteiger charge is 2.65. The van der Waals surface area contributed by atoms with Crippen molar-refractivity contribution in [2.75, 3.05) is 40.5 Å². The van der Waals surface area contributed by atoms with Crippen LogP contribution in [0.5, 0.6) is 17.2 Å². The number of benzene rings is 2. The third kappa shape index (κ3) is 9.01. The van der Waals surface area contributed by atoms with Gasteiger partial charge >= 0.3 is 0 Å². The number of ether oxygens (including phenoxy) is 3. The van der Waals surface area contributed by atoms with Crippen molar-refractivity contribution in [3.05, 3.63) is 110 Å². The number of fused-ring (bicyclic) bond motifs is 4. The molecule has 4 aliphatic heterocycles. The maximum atomic E-state index is 15.5. The fourth-order valence-electron chi connectivity index (χ4n) is 11.0. The van der Waals surface area contributed by atoms with Crippen LogP contribution in [-0.4, -0.2) is 146 Å². The van der Waals surface area contributed by atoms with E-state index in [1.165, 1.54) is 26.3 Å². The lowest BCUT2D eigenvalue weighted by Crippen LogP contribution is -2.75. The summed E-state index contributed by atoms with van der Waals surface area (Å²) < 4.78 is 17.8. The number of aliphatic imine (C=N–C) groups is 1. The summed E-state index contributed by atoms with van der Waals surface area (Å²) in [5, 5.41) is 90.7. The van der Waals surface area contributed by atoms with Crippen molar-refractivity contribution in [1.82, 2.24) is 20.9 Å². The van der Waals surface area contributed by atoms with E-state index < -0.39 is 89.9 Å². The number of aliphatic hydroxyl groups excluding tert-OH is 4. The van der Waals surface area contributed by atoms with Crippen LogP contribution in [0.2, 0.25) is 0 Å². The van der Waals surface area contributed by atoms with Gasteiger partial charge in [0.2, 0.25) is 17.9 Å². The first-order chi connectivity index (χ1) is 34.3. The minimum Gasteiger partial charge on any atom is -0.507 e. The van der Waals surface area contributed by atoms with Gasteiger partial charge in [0.05, 0.1) is 30.2 Å². The Hall–Kier alpha value is -6.63. The fourth-order valence-corrected chi connectivity index (χ4v) is 11.0. The smallest absolute Gasteiger partial charge is 0.253 e. The van der Waals surface area contributed by atoms with E-state index in [9.17, 15) is 45.3 Å². The van der Waals surface area contributed by atoms with Crippen LogP contribution in [0.25, 0.3) is 0 Å². The highest BCUT2D eigenvalue weighted by atomic mass is 16.8. The van der Waals surface area contributed by atoms with Crippen molar-refractivity contribution >= 4 is 29.3 Å². The Balaban J connectivity index is 1.21. The number of carbonyl (C=O) groups excluding carboxylic acids is 4. The van der Waals surface area contributed by atoms with Crippen molar-refractivity contribution < 1.29 is 69.1 Å². The first-order valence-electron chi connectivity index (χ1n) is 23.7. The average Bonchev–Trinajstić information content (AvgIpc) is 3.56. The number of ketones is 2. The van der Waals surface area contributed by atoms with E-state index in [-0.39, 0.29) is 103 Å². The van der Waals surface area contributed by atoms with Gasteiger partial charge in [-0.3, -0.25) is 29.1 Å². The molecule has 0 radical (unpaired) electrons. The lowest BCUT2D eigenvalue weighted by molar-refractivity contribution is -0.420. The van der Waals surface area contributed by atoms with Gasteiger partial charge in [-0.15, -0.1) is 0 Å². The Labute approximate surface area is 414 Å². The number of allylic oxidation sites excluding steroid dienone is 3. The molecule has 2 aromatic carbocycles. The summed E-state index contributed by atoms with van der Waals surface area (Å²) in [4.78, 5) is 61.2. The van der Waals surface area contributed by atoms with Crippen molar-refractivity contribution in [1.29, 1.82) is 0 Å². The van der Waals surface area contributed by atoms with Crippen LogP contribution >= 0.6 is 0 Å². The van der Waals surface area contributed by atoms with Crippen LogP contribution < -0.4 is 42.6 Å². The molecule has 4 heterocycles. The number of dihydropyridines is 2. The number of methoxy groups -OCH3 is 1. The molecule has 8 rings (SSSR count). The number of imide groups is 1. The molecule has 1 fully saturated rings. The van der Waals surface area contributed by atoms with E-state index in [0.717, 1.165) is 22.6 Å². The van der Waals surface area contributed by atoms with Crippen molar-refractivity contribution in [2.24, 2.45) is 39.9 Å². The number of guanidine groups is 1. The molecule has 1 saturated heterocycles. The number of nitrogens with zero attached hydrogens (tertiary/aromatic N) is 2. The fraction of sp³-hybridized carbons (Fsp3) is 0.460. The highest BCUT2D eigenvalue weighted by Crippen LogP contribution is 2.50. The quantitative estimate of drug-likeness (QED) is 0.0350. The molecule has 72 heavy (non-hydrogen) atoms. The second kappa shape index (κ2) is 20.5. The first kappa shape index (κ1) is 51.7. The number of nitrogens with two attached hydrogens (primary N) is 3. The number of aliphatic hydroxyl groups is 6. The second-order valence-electron chi connectivity index (χ2n) is 18.7. The molecule has 22 nitrogen and oxygen atoms in total. The molecule has 2 aliphatic carbocycles. The maximum Gasteiger partial charge on any atom is 0.253 e. The number of nitrogens with one attached hydrogen (secondary N) is 3. The number of phenols is 1. The molecule has 9 unspecified atom stereocenters. The Morgan fingerprint density at radius 2 is 1.75 bits per heavy atom. The zero-order valence-electron chi connectivity index (χ0n) is 40.1. The molecule has 2 aromatic rings. The number of rotatable bonds is 15. The van der Waals surface area contributed by atoms with Crippen LogP contribution in [0.15, 0.2) is 70.7 Å². The number of hydrogen-bond acceptors (Lipinski definition) is 19. The third-order valence-electron chi connectivity index (χ3n) is 14.8. The number of carbonyl (C=O) groups is 4. The number of aromatic hydroxyl groups is 1. The summed E-state index contributed by atoms with van der Waals surface area (Å²) in [6, 6.07) is 1.25. The predicted octanol–water partition coefficient (Wildman–Crippen LogP) is -1.67. The zero-order chi connectivity index (χ0) is 52.0. The molecule has 9 atom stereocenters.